The molecule has 5 nitrogen and oxygen atoms in total. The number of aryl methyl sites for hydroxylation is 3. The molecule has 5 heteroatoms. The molecule has 3 heterocycles. The Morgan fingerprint density at radius 2 is 0.811 bits per heavy atom. The van der Waals surface area contributed by atoms with Gasteiger partial charge in [0.25, 0.3) is 0 Å². The number of benzene rings is 7. The average Bonchev–Trinajstić information content (AvgIpc) is 3.70. The van der Waals surface area contributed by atoms with E-state index in [0.29, 0.717) is 17.6 Å². The molecule has 0 unspecified atom stereocenters. The second kappa shape index (κ2) is 12.1. The fourth-order valence-electron chi connectivity index (χ4n) is 7.86. The van der Waals surface area contributed by atoms with Gasteiger partial charge < -0.3 is 4.57 Å². The molecule has 0 saturated heterocycles. The average molecular weight is 682 g/mol. The van der Waals surface area contributed by atoms with Gasteiger partial charge in [0.05, 0.1) is 22.1 Å². The molecule has 0 bridgehead atoms. The summed E-state index contributed by atoms with van der Waals surface area (Å²) in [5, 5.41) is 4.78. The van der Waals surface area contributed by atoms with Crippen LogP contribution < -0.4 is 0 Å². The van der Waals surface area contributed by atoms with Crippen LogP contribution in [0.25, 0.3) is 89.2 Å². The largest absolute Gasteiger partial charge is 0.309 e. The molecule has 0 aliphatic carbocycles. The van der Waals surface area contributed by atoms with E-state index in [-0.39, 0.29) is 0 Å². The van der Waals surface area contributed by atoms with E-state index in [1.54, 1.807) is 0 Å². The Morgan fingerprint density at radius 1 is 0.340 bits per heavy atom. The van der Waals surface area contributed by atoms with Crippen LogP contribution >= 0.6 is 0 Å². The lowest BCUT2D eigenvalue weighted by Gasteiger charge is -2.12. The van der Waals surface area contributed by atoms with Crippen molar-refractivity contribution >= 4 is 43.6 Å². The van der Waals surface area contributed by atoms with Gasteiger partial charge in [-0.15, -0.1) is 0 Å². The Hall–Kier alpha value is -6.85. The SMILES string of the molecule is Cc1cccc(-c2nc(-c3cccc(C)c3)nc(-n3c4ccccc4c4cc(-c5ccc6c(c5)c5ccccc5n6-c5cccc(C)c5)ccc43)n2)c1. The summed E-state index contributed by atoms with van der Waals surface area (Å²) in [6.45, 7) is 6.34. The smallest absolute Gasteiger partial charge is 0.238 e. The van der Waals surface area contributed by atoms with Crippen molar-refractivity contribution in [3.05, 3.63) is 174 Å². The van der Waals surface area contributed by atoms with E-state index in [2.05, 4.69) is 188 Å². The summed E-state index contributed by atoms with van der Waals surface area (Å²) in [4.78, 5) is 15.3. The highest BCUT2D eigenvalue weighted by Gasteiger charge is 2.19. The van der Waals surface area contributed by atoms with Crippen molar-refractivity contribution in [3.63, 3.8) is 0 Å². The summed E-state index contributed by atoms with van der Waals surface area (Å²) < 4.78 is 4.57. The molecular weight excluding hydrogens is 647 g/mol. The molecule has 0 saturated carbocycles. The van der Waals surface area contributed by atoms with E-state index in [9.17, 15) is 0 Å². The lowest BCUT2D eigenvalue weighted by Crippen LogP contribution is -2.06. The van der Waals surface area contributed by atoms with Gasteiger partial charge in [0.2, 0.25) is 5.95 Å². The predicted molar refractivity (Wildman–Crippen MR) is 219 cm³/mol. The van der Waals surface area contributed by atoms with Crippen LogP contribution in [0, 0.1) is 20.8 Å². The van der Waals surface area contributed by atoms with Crippen LogP contribution in [0.4, 0.5) is 0 Å². The van der Waals surface area contributed by atoms with Crippen molar-refractivity contribution in [3.8, 4) is 45.5 Å². The van der Waals surface area contributed by atoms with Crippen LogP contribution in [0.15, 0.2) is 158 Å². The van der Waals surface area contributed by atoms with Crippen molar-refractivity contribution in [2.45, 2.75) is 20.8 Å². The first-order valence-electron chi connectivity index (χ1n) is 18.0. The Balaban J connectivity index is 1.17. The molecule has 0 aliphatic heterocycles. The molecule has 0 spiro atoms. The van der Waals surface area contributed by atoms with Gasteiger partial charge in [-0.2, -0.15) is 9.97 Å². The number of hydrogen-bond acceptors (Lipinski definition) is 3. The summed E-state index contributed by atoms with van der Waals surface area (Å²) in [5.41, 5.74) is 13.5. The van der Waals surface area contributed by atoms with E-state index >= 15 is 0 Å². The minimum Gasteiger partial charge on any atom is -0.309 e. The zero-order valence-electron chi connectivity index (χ0n) is 29.7. The van der Waals surface area contributed by atoms with Gasteiger partial charge in [-0.1, -0.05) is 108 Å². The molecule has 0 aliphatic rings. The van der Waals surface area contributed by atoms with Gasteiger partial charge in [0.15, 0.2) is 11.6 Å². The molecule has 10 aromatic rings. The van der Waals surface area contributed by atoms with Gasteiger partial charge in [-0.05, 0) is 98.1 Å². The first-order chi connectivity index (χ1) is 26.0. The predicted octanol–water partition coefficient (Wildman–Crippen LogP) is 12.0. The number of fused-ring (bicyclic) bond motifs is 6. The molecular formula is C48H35N5. The second-order valence-corrected chi connectivity index (χ2v) is 14.0. The zero-order chi connectivity index (χ0) is 35.6. The molecule has 252 valence electrons. The highest BCUT2D eigenvalue weighted by Crippen LogP contribution is 2.38. The van der Waals surface area contributed by atoms with Crippen molar-refractivity contribution < 1.29 is 0 Å². The van der Waals surface area contributed by atoms with Gasteiger partial charge in [0.1, 0.15) is 0 Å². The number of nitrogens with zero attached hydrogens (tertiary/aromatic N) is 5. The van der Waals surface area contributed by atoms with E-state index in [0.717, 1.165) is 49.6 Å². The Kier molecular flexibility index (Phi) is 7.08. The van der Waals surface area contributed by atoms with Gasteiger partial charge in [0, 0.05) is 38.4 Å². The Morgan fingerprint density at radius 3 is 1.36 bits per heavy atom. The number of para-hydroxylation sites is 2. The lowest BCUT2D eigenvalue weighted by atomic mass is 10.0. The molecule has 3 aromatic heterocycles. The minimum absolute atomic E-state index is 0.595. The van der Waals surface area contributed by atoms with Crippen LogP contribution in [0.3, 0.4) is 0 Å². The van der Waals surface area contributed by atoms with Crippen molar-refractivity contribution in [1.82, 2.24) is 24.1 Å². The van der Waals surface area contributed by atoms with Gasteiger partial charge >= 0.3 is 0 Å². The first kappa shape index (κ1) is 30.9. The summed E-state index contributed by atoms with van der Waals surface area (Å²) in [5.74, 6) is 1.89. The first-order valence-corrected chi connectivity index (χ1v) is 18.0. The third-order valence-electron chi connectivity index (χ3n) is 10.3. The molecule has 53 heavy (non-hydrogen) atoms. The molecule has 0 radical (unpaired) electrons. The van der Waals surface area contributed by atoms with Crippen LogP contribution in [-0.4, -0.2) is 24.1 Å². The topological polar surface area (TPSA) is 48.5 Å². The molecule has 0 N–H and O–H groups in total. The number of rotatable bonds is 5. The number of aromatic nitrogens is 5. The highest BCUT2D eigenvalue weighted by molar-refractivity contribution is 6.12. The third kappa shape index (κ3) is 5.20. The maximum absolute atomic E-state index is 5.15. The monoisotopic (exact) mass is 681 g/mol. The maximum Gasteiger partial charge on any atom is 0.238 e. The van der Waals surface area contributed by atoms with E-state index < -0.39 is 0 Å². The van der Waals surface area contributed by atoms with Crippen LogP contribution in [-0.2, 0) is 0 Å². The Labute approximate surface area is 307 Å². The fourth-order valence-corrected chi connectivity index (χ4v) is 7.86. The molecule has 0 atom stereocenters. The van der Waals surface area contributed by atoms with E-state index in [4.69, 9.17) is 15.0 Å². The van der Waals surface area contributed by atoms with Gasteiger partial charge in [-0.3, -0.25) is 4.57 Å². The van der Waals surface area contributed by atoms with Crippen molar-refractivity contribution in [1.29, 1.82) is 0 Å². The van der Waals surface area contributed by atoms with E-state index in [1.165, 1.54) is 38.6 Å². The molecule has 0 fully saturated rings. The summed E-state index contributed by atoms with van der Waals surface area (Å²) in [6.07, 6.45) is 0. The normalized spacial score (nSPS) is 11.7. The maximum atomic E-state index is 5.15. The van der Waals surface area contributed by atoms with Crippen LogP contribution in [0.5, 0.6) is 0 Å². The molecule has 10 rings (SSSR count). The van der Waals surface area contributed by atoms with Crippen molar-refractivity contribution in [2.75, 3.05) is 0 Å². The summed E-state index contributed by atoms with van der Waals surface area (Å²) in [7, 11) is 0. The van der Waals surface area contributed by atoms with Crippen LogP contribution in [0.1, 0.15) is 16.7 Å². The van der Waals surface area contributed by atoms with Gasteiger partial charge in [-0.25, -0.2) is 4.98 Å². The molecule has 7 aromatic carbocycles. The highest BCUT2D eigenvalue weighted by atomic mass is 15.2. The summed E-state index contributed by atoms with van der Waals surface area (Å²) in [6, 6.07) is 56.3. The third-order valence-corrected chi connectivity index (χ3v) is 10.3. The second-order valence-electron chi connectivity index (χ2n) is 14.0. The van der Waals surface area contributed by atoms with Crippen LogP contribution in [0.2, 0.25) is 0 Å². The van der Waals surface area contributed by atoms with Crippen molar-refractivity contribution in [2.24, 2.45) is 0 Å². The standard InChI is InChI=1S/C48H35N5/c1-30-11-8-14-35(25-30)46-49-47(36-15-9-12-31(2)26-36)51-48(50-46)53-43-20-7-5-18-39(43)41-29-34(22-24-45(41)53)33-21-23-44-40(28-33)38-17-4-6-19-42(38)52(44)37-16-10-13-32(3)27-37/h4-29H,1-3H3. The fraction of sp³-hybridized carbons (Fsp3) is 0.0625. The quantitative estimate of drug-likeness (QED) is 0.182. The number of hydrogen-bond donors (Lipinski definition) is 0. The summed E-state index contributed by atoms with van der Waals surface area (Å²) >= 11 is 0. The molecule has 0 amide bonds. The minimum atomic E-state index is 0.595. The lowest BCUT2D eigenvalue weighted by molar-refractivity contribution is 0.953. The zero-order valence-corrected chi connectivity index (χ0v) is 29.7. The van der Waals surface area contributed by atoms with E-state index in [1.807, 2.05) is 0 Å². The Bertz CT molecular complexity index is 2990.